The van der Waals surface area contributed by atoms with Gasteiger partial charge in [-0.1, -0.05) is 82.3 Å². The van der Waals surface area contributed by atoms with E-state index in [0.717, 1.165) is 13.1 Å². The normalized spacial score (nSPS) is 11.5. The zero-order valence-corrected chi connectivity index (χ0v) is 19.0. The summed E-state index contributed by atoms with van der Waals surface area (Å²) >= 11 is 0. The van der Waals surface area contributed by atoms with Crippen molar-refractivity contribution >= 4 is 5.91 Å². The molecule has 0 unspecified atom stereocenters. The topological polar surface area (TPSA) is 58.4 Å². The minimum Gasteiger partial charge on any atom is -0.447 e. The predicted molar refractivity (Wildman–Crippen MR) is 124 cm³/mol. The Hall–Kier alpha value is -2.92. The van der Waals surface area contributed by atoms with Crippen LogP contribution >= 0.6 is 0 Å². The van der Waals surface area contributed by atoms with Gasteiger partial charge < -0.3 is 9.73 Å². The number of aromatic nitrogens is 1. The molecule has 0 bridgehead atoms. The van der Waals surface area contributed by atoms with Gasteiger partial charge in [0.15, 0.2) is 5.69 Å². The van der Waals surface area contributed by atoms with Crippen molar-refractivity contribution < 1.29 is 9.21 Å². The number of nitrogens with zero attached hydrogens (tertiary/aromatic N) is 2. The van der Waals surface area contributed by atoms with Crippen molar-refractivity contribution in [3.05, 3.63) is 89.1 Å². The second-order valence-electron chi connectivity index (χ2n) is 8.76. The number of rotatable bonds is 10. The van der Waals surface area contributed by atoms with Crippen LogP contribution in [-0.4, -0.2) is 22.3 Å². The summed E-state index contributed by atoms with van der Waals surface area (Å²) in [5.74, 6) is 1.26. The Bertz CT molecular complexity index is 946. The molecule has 31 heavy (non-hydrogen) atoms. The molecule has 0 atom stereocenters. The van der Waals surface area contributed by atoms with Crippen LogP contribution in [0.1, 0.15) is 66.7 Å². The van der Waals surface area contributed by atoms with Gasteiger partial charge in [0.25, 0.3) is 5.91 Å². The molecule has 164 valence electrons. The molecule has 2 aromatic carbocycles. The molecule has 1 aromatic heterocycles. The first kappa shape index (κ1) is 22.8. The van der Waals surface area contributed by atoms with Gasteiger partial charge in [0.1, 0.15) is 6.26 Å². The van der Waals surface area contributed by atoms with E-state index < -0.39 is 0 Å². The summed E-state index contributed by atoms with van der Waals surface area (Å²) < 4.78 is 5.64. The summed E-state index contributed by atoms with van der Waals surface area (Å²) in [5, 5.41) is 2.88. The molecule has 0 fully saturated rings. The quantitative estimate of drug-likeness (QED) is 0.479. The number of hydrogen-bond acceptors (Lipinski definition) is 4. The zero-order chi connectivity index (χ0) is 22.2. The van der Waals surface area contributed by atoms with Crippen LogP contribution in [0.3, 0.4) is 0 Å². The monoisotopic (exact) mass is 419 g/mol. The van der Waals surface area contributed by atoms with Gasteiger partial charge >= 0.3 is 0 Å². The summed E-state index contributed by atoms with van der Waals surface area (Å²) in [5.41, 5.74) is 4.13. The van der Waals surface area contributed by atoms with E-state index in [-0.39, 0.29) is 5.91 Å². The van der Waals surface area contributed by atoms with Crippen LogP contribution in [0, 0.1) is 5.92 Å². The number of hydrogen-bond donors (Lipinski definition) is 1. The van der Waals surface area contributed by atoms with E-state index in [4.69, 9.17) is 4.42 Å². The maximum Gasteiger partial charge on any atom is 0.273 e. The van der Waals surface area contributed by atoms with Crippen molar-refractivity contribution in [2.45, 2.75) is 53.2 Å². The molecule has 0 saturated carbocycles. The second-order valence-corrected chi connectivity index (χ2v) is 8.76. The molecule has 1 N–H and O–H groups in total. The zero-order valence-electron chi connectivity index (χ0n) is 19.0. The average molecular weight is 420 g/mol. The number of oxazole rings is 1. The van der Waals surface area contributed by atoms with E-state index in [1.807, 2.05) is 18.2 Å². The Balaban J connectivity index is 1.71. The van der Waals surface area contributed by atoms with Gasteiger partial charge in [-0.2, -0.15) is 0 Å². The molecule has 0 aliphatic heterocycles. The lowest BCUT2D eigenvalue weighted by Gasteiger charge is -2.21. The maximum atomic E-state index is 12.3. The highest BCUT2D eigenvalue weighted by Crippen LogP contribution is 2.18. The van der Waals surface area contributed by atoms with E-state index in [9.17, 15) is 4.79 Å². The molecule has 1 amide bonds. The highest BCUT2D eigenvalue weighted by molar-refractivity contribution is 5.91. The standard InChI is InChI=1S/C26H33N3O2/c1-19(2)14-27-26(30)24-18-31-25(28-24)17-29(15-21-8-6-5-7-9-21)16-22-10-12-23(13-11-22)20(3)4/h5-13,18-20H,14-17H2,1-4H3,(H,27,30). The van der Waals surface area contributed by atoms with Gasteiger partial charge in [0.2, 0.25) is 5.89 Å². The number of carbonyl (C=O) groups excluding carboxylic acids is 1. The van der Waals surface area contributed by atoms with Crippen LogP contribution in [-0.2, 0) is 19.6 Å². The number of carbonyl (C=O) groups is 1. The van der Waals surface area contributed by atoms with Gasteiger partial charge in [-0.3, -0.25) is 9.69 Å². The van der Waals surface area contributed by atoms with Crippen molar-refractivity contribution in [1.82, 2.24) is 15.2 Å². The summed E-state index contributed by atoms with van der Waals surface area (Å²) in [6, 6.07) is 19.1. The first-order valence-electron chi connectivity index (χ1n) is 11.0. The Kier molecular flexibility index (Phi) is 8.01. The average Bonchev–Trinajstić information content (AvgIpc) is 3.21. The summed E-state index contributed by atoms with van der Waals surface area (Å²) in [4.78, 5) is 19.0. The first-order valence-corrected chi connectivity index (χ1v) is 11.0. The molecule has 3 rings (SSSR count). The number of amides is 1. The third-order valence-electron chi connectivity index (χ3n) is 5.12. The highest BCUT2D eigenvalue weighted by Gasteiger charge is 2.16. The molecule has 5 nitrogen and oxygen atoms in total. The fraction of sp³-hybridized carbons (Fsp3) is 0.385. The van der Waals surface area contributed by atoms with Crippen LogP contribution in [0.4, 0.5) is 0 Å². The molecular formula is C26H33N3O2. The molecule has 0 saturated heterocycles. The molecule has 0 spiro atoms. The minimum absolute atomic E-state index is 0.192. The van der Waals surface area contributed by atoms with Crippen LogP contribution in [0.25, 0.3) is 0 Å². The van der Waals surface area contributed by atoms with Gasteiger partial charge in [0, 0.05) is 19.6 Å². The van der Waals surface area contributed by atoms with Crippen molar-refractivity contribution in [2.24, 2.45) is 5.92 Å². The third kappa shape index (κ3) is 7.07. The van der Waals surface area contributed by atoms with Crippen LogP contribution < -0.4 is 5.32 Å². The smallest absolute Gasteiger partial charge is 0.273 e. The van der Waals surface area contributed by atoms with Crippen LogP contribution in [0.5, 0.6) is 0 Å². The molecule has 1 heterocycles. The number of nitrogens with one attached hydrogen (secondary N) is 1. The van der Waals surface area contributed by atoms with E-state index in [0.29, 0.717) is 36.5 Å². The molecule has 0 radical (unpaired) electrons. The fourth-order valence-corrected chi connectivity index (χ4v) is 3.34. The molecular weight excluding hydrogens is 386 g/mol. The van der Waals surface area contributed by atoms with E-state index in [2.05, 4.69) is 79.3 Å². The van der Waals surface area contributed by atoms with Gasteiger partial charge in [-0.25, -0.2) is 4.98 Å². The van der Waals surface area contributed by atoms with E-state index >= 15 is 0 Å². The minimum atomic E-state index is -0.192. The fourth-order valence-electron chi connectivity index (χ4n) is 3.34. The van der Waals surface area contributed by atoms with Gasteiger partial charge in [0.05, 0.1) is 6.54 Å². The Morgan fingerprint density at radius 1 is 0.935 bits per heavy atom. The second kappa shape index (κ2) is 10.9. The van der Waals surface area contributed by atoms with E-state index in [1.54, 1.807) is 0 Å². The SMILES string of the molecule is CC(C)CNC(=O)c1coc(CN(Cc2ccccc2)Cc2ccc(C(C)C)cc2)n1. The first-order chi connectivity index (χ1) is 14.9. The summed E-state index contributed by atoms with van der Waals surface area (Å²) in [7, 11) is 0. The lowest BCUT2D eigenvalue weighted by molar-refractivity contribution is 0.0944. The Morgan fingerprint density at radius 3 is 2.19 bits per heavy atom. The molecule has 0 aliphatic rings. The summed E-state index contributed by atoms with van der Waals surface area (Å²) in [6.07, 6.45) is 1.45. The van der Waals surface area contributed by atoms with Crippen LogP contribution in [0.15, 0.2) is 65.3 Å². The third-order valence-corrected chi connectivity index (χ3v) is 5.12. The van der Waals surface area contributed by atoms with Crippen molar-refractivity contribution in [1.29, 1.82) is 0 Å². The summed E-state index contributed by atoms with van der Waals surface area (Å²) in [6.45, 7) is 11.2. The predicted octanol–water partition coefficient (Wildman–Crippen LogP) is 5.39. The van der Waals surface area contributed by atoms with Gasteiger partial charge in [-0.05, 0) is 28.5 Å². The molecule has 3 aromatic rings. The van der Waals surface area contributed by atoms with Crippen LogP contribution in [0.2, 0.25) is 0 Å². The largest absolute Gasteiger partial charge is 0.447 e. The highest BCUT2D eigenvalue weighted by atomic mass is 16.3. The Morgan fingerprint density at radius 2 is 1.58 bits per heavy atom. The van der Waals surface area contributed by atoms with E-state index in [1.165, 1.54) is 23.0 Å². The molecule has 5 heteroatoms. The molecule has 0 aliphatic carbocycles. The van der Waals surface area contributed by atoms with Crippen molar-refractivity contribution in [3.63, 3.8) is 0 Å². The van der Waals surface area contributed by atoms with Gasteiger partial charge in [-0.15, -0.1) is 0 Å². The Labute approximate surface area is 185 Å². The van der Waals surface area contributed by atoms with Crippen molar-refractivity contribution in [2.75, 3.05) is 6.54 Å². The lowest BCUT2D eigenvalue weighted by Crippen LogP contribution is -2.27. The van der Waals surface area contributed by atoms with Crippen molar-refractivity contribution in [3.8, 4) is 0 Å². The lowest BCUT2D eigenvalue weighted by atomic mass is 10.0. The maximum absolute atomic E-state index is 12.3. The number of benzene rings is 2.